The SMILES string of the molecule is CCCC1(Cn2nnnc2-c2cc(N)cc(N)c2)CC1. The minimum atomic E-state index is 0.394. The Balaban J connectivity index is 1.90. The number of anilines is 2. The first-order valence-corrected chi connectivity index (χ1v) is 7.04. The van der Waals surface area contributed by atoms with Crippen LogP contribution in [0.25, 0.3) is 11.4 Å². The third-order valence-corrected chi connectivity index (χ3v) is 3.99. The van der Waals surface area contributed by atoms with Crippen LogP contribution >= 0.6 is 0 Å². The molecular formula is C14H20N6. The molecule has 0 spiro atoms. The van der Waals surface area contributed by atoms with Crippen molar-refractivity contribution in [1.82, 2.24) is 20.2 Å². The van der Waals surface area contributed by atoms with Gasteiger partial charge >= 0.3 is 0 Å². The Morgan fingerprint density at radius 2 is 1.90 bits per heavy atom. The van der Waals surface area contributed by atoms with Crippen LogP contribution in [0.4, 0.5) is 11.4 Å². The maximum absolute atomic E-state index is 5.85. The van der Waals surface area contributed by atoms with Gasteiger partial charge in [-0.2, -0.15) is 0 Å². The first-order chi connectivity index (χ1) is 9.62. The van der Waals surface area contributed by atoms with E-state index in [1.165, 1.54) is 25.7 Å². The van der Waals surface area contributed by atoms with E-state index < -0.39 is 0 Å². The van der Waals surface area contributed by atoms with E-state index in [0.29, 0.717) is 16.8 Å². The number of benzene rings is 1. The lowest BCUT2D eigenvalue weighted by atomic mass is 10.0. The summed E-state index contributed by atoms with van der Waals surface area (Å²) in [4.78, 5) is 0. The summed E-state index contributed by atoms with van der Waals surface area (Å²) >= 11 is 0. The molecule has 6 heteroatoms. The average molecular weight is 272 g/mol. The second kappa shape index (κ2) is 4.77. The van der Waals surface area contributed by atoms with Gasteiger partial charge in [0.1, 0.15) is 0 Å². The molecule has 1 aromatic carbocycles. The van der Waals surface area contributed by atoms with Gasteiger partial charge in [-0.15, -0.1) is 5.10 Å². The Hall–Kier alpha value is -2.11. The van der Waals surface area contributed by atoms with Crippen LogP contribution in [0.3, 0.4) is 0 Å². The largest absolute Gasteiger partial charge is 0.399 e. The van der Waals surface area contributed by atoms with Crippen molar-refractivity contribution in [3.8, 4) is 11.4 Å². The first-order valence-electron chi connectivity index (χ1n) is 7.04. The van der Waals surface area contributed by atoms with E-state index in [2.05, 4.69) is 22.4 Å². The van der Waals surface area contributed by atoms with Crippen LogP contribution in [0.5, 0.6) is 0 Å². The van der Waals surface area contributed by atoms with Gasteiger partial charge in [0.15, 0.2) is 5.82 Å². The molecule has 0 bridgehead atoms. The van der Waals surface area contributed by atoms with Crippen LogP contribution in [0.15, 0.2) is 18.2 Å². The molecule has 1 heterocycles. The number of rotatable bonds is 5. The van der Waals surface area contributed by atoms with Crippen molar-refractivity contribution in [1.29, 1.82) is 0 Å². The summed E-state index contributed by atoms with van der Waals surface area (Å²) < 4.78 is 1.89. The van der Waals surface area contributed by atoms with Gasteiger partial charge in [0, 0.05) is 16.9 Å². The molecule has 20 heavy (non-hydrogen) atoms. The van der Waals surface area contributed by atoms with E-state index in [9.17, 15) is 0 Å². The number of hydrogen-bond donors (Lipinski definition) is 2. The number of nitrogens with two attached hydrogens (primary N) is 2. The number of hydrogen-bond acceptors (Lipinski definition) is 5. The van der Waals surface area contributed by atoms with Crippen LogP contribution in [0, 0.1) is 5.41 Å². The predicted molar refractivity (Wildman–Crippen MR) is 78.7 cm³/mol. The molecule has 1 aliphatic rings. The van der Waals surface area contributed by atoms with Crippen LogP contribution < -0.4 is 11.5 Å². The summed E-state index contributed by atoms with van der Waals surface area (Å²) in [7, 11) is 0. The molecule has 1 aromatic heterocycles. The first kappa shape index (κ1) is 12.9. The van der Waals surface area contributed by atoms with Gasteiger partial charge < -0.3 is 11.5 Å². The second-order valence-electron chi connectivity index (χ2n) is 5.80. The molecule has 1 fully saturated rings. The van der Waals surface area contributed by atoms with E-state index in [0.717, 1.165) is 17.9 Å². The summed E-state index contributed by atoms with van der Waals surface area (Å²) in [5.74, 6) is 0.742. The van der Waals surface area contributed by atoms with Gasteiger partial charge in [-0.3, -0.25) is 0 Å². The van der Waals surface area contributed by atoms with E-state index in [4.69, 9.17) is 11.5 Å². The van der Waals surface area contributed by atoms with Crippen molar-refractivity contribution in [2.45, 2.75) is 39.2 Å². The van der Waals surface area contributed by atoms with Gasteiger partial charge in [0.2, 0.25) is 0 Å². The summed E-state index contributed by atoms with van der Waals surface area (Å²) in [5, 5.41) is 12.1. The molecule has 1 aliphatic carbocycles. The zero-order chi connectivity index (χ0) is 14.2. The molecule has 106 valence electrons. The number of nitrogens with zero attached hydrogens (tertiary/aromatic N) is 4. The van der Waals surface area contributed by atoms with E-state index in [1.54, 1.807) is 6.07 Å². The smallest absolute Gasteiger partial charge is 0.182 e. The fourth-order valence-corrected chi connectivity index (χ4v) is 2.84. The maximum atomic E-state index is 5.85. The summed E-state index contributed by atoms with van der Waals surface area (Å²) in [6.07, 6.45) is 4.95. The average Bonchev–Trinajstić information content (AvgIpc) is 2.97. The zero-order valence-corrected chi connectivity index (χ0v) is 11.7. The van der Waals surface area contributed by atoms with Gasteiger partial charge in [-0.05, 0) is 53.3 Å². The van der Waals surface area contributed by atoms with E-state index >= 15 is 0 Å². The zero-order valence-electron chi connectivity index (χ0n) is 11.7. The molecule has 3 rings (SSSR count). The number of nitrogen functional groups attached to an aromatic ring is 2. The normalized spacial score (nSPS) is 16.2. The minimum Gasteiger partial charge on any atom is -0.399 e. The Morgan fingerprint density at radius 1 is 1.20 bits per heavy atom. The van der Waals surface area contributed by atoms with E-state index in [1.807, 2.05) is 16.8 Å². The molecule has 0 saturated heterocycles. The van der Waals surface area contributed by atoms with Crippen molar-refractivity contribution in [3.05, 3.63) is 18.2 Å². The van der Waals surface area contributed by atoms with Crippen molar-refractivity contribution in [2.24, 2.45) is 5.41 Å². The summed E-state index contributed by atoms with van der Waals surface area (Å²) in [6, 6.07) is 5.45. The molecule has 0 amide bonds. The maximum Gasteiger partial charge on any atom is 0.182 e. The number of tetrazole rings is 1. The predicted octanol–water partition coefficient (Wildman–Crippen LogP) is 2.08. The highest BCUT2D eigenvalue weighted by Gasteiger charge is 2.42. The molecule has 0 unspecified atom stereocenters. The molecule has 6 nitrogen and oxygen atoms in total. The third kappa shape index (κ3) is 2.45. The van der Waals surface area contributed by atoms with Crippen molar-refractivity contribution >= 4 is 11.4 Å². The third-order valence-electron chi connectivity index (χ3n) is 3.99. The van der Waals surface area contributed by atoms with E-state index in [-0.39, 0.29) is 0 Å². The Morgan fingerprint density at radius 3 is 2.50 bits per heavy atom. The van der Waals surface area contributed by atoms with Crippen molar-refractivity contribution in [3.63, 3.8) is 0 Å². The lowest BCUT2D eigenvalue weighted by molar-refractivity contribution is 0.365. The van der Waals surface area contributed by atoms with Crippen LogP contribution in [0.1, 0.15) is 32.6 Å². The standard InChI is InChI=1S/C14H20N6/c1-2-3-14(4-5-14)9-20-13(17-18-19-20)10-6-11(15)8-12(16)7-10/h6-8H,2-5,9,15-16H2,1H3. The molecule has 4 N–H and O–H groups in total. The van der Waals surface area contributed by atoms with Crippen LogP contribution in [0.2, 0.25) is 0 Å². The molecule has 2 aromatic rings. The Labute approximate surface area is 118 Å². The lowest BCUT2D eigenvalue weighted by Crippen LogP contribution is -2.14. The molecular weight excluding hydrogens is 252 g/mol. The van der Waals surface area contributed by atoms with Crippen molar-refractivity contribution < 1.29 is 0 Å². The molecule has 0 radical (unpaired) electrons. The highest BCUT2D eigenvalue weighted by Crippen LogP contribution is 2.51. The van der Waals surface area contributed by atoms with Gasteiger partial charge in [0.05, 0.1) is 6.54 Å². The highest BCUT2D eigenvalue weighted by molar-refractivity contribution is 5.67. The fourth-order valence-electron chi connectivity index (χ4n) is 2.84. The van der Waals surface area contributed by atoms with Crippen LogP contribution in [-0.2, 0) is 6.54 Å². The summed E-state index contributed by atoms with van der Waals surface area (Å²) in [6.45, 7) is 3.09. The molecule has 0 aliphatic heterocycles. The topological polar surface area (TPSA) is 95.6 Å². The molecule has 0 atom stereocenters. The minimum absolute atomic E-state index is 0.394. The number of aromatic nitrogens is 4. The van der Waals surface area contributed by atoms with Gasteiger partial charge in [-0.1, -0.05) is 13.3 Å². The molecule has 1 saturated carbocycles. The second-order valence-corrected chi connectivity index (χ2v) is 5.80. The van der Waals surface area contributed by atoms with Crippen LogP contribution in [-0.4, -0.2) is 20.2 Å². The van der Waals surface area contributed by atoms with Gasteiger partial charge in [0.25, 0.3) is 0 Å². The lowest BCUT2D eigenvalue weighted by Gasteiger charge is -2.14. The van der Waals surface area contributed by atoms with Crippen molar-refractivity contribution in [2.75, 3.05) is 11.5 Å². The Kier molecular flexibility index (Phi) is 3.08. The monoisotopic (exact) mass is 272 g/mol. The highest BCUT2D eigenvalue weighted by atomic mass is 15.5. The quantitative estimate of drug-likeness (QED) is 0.812. The Bertz CT molecular complexity index is 594. The fraction of sp³-hybridized carbons (Fsp3) is 0.500. The van der Waals surface area contributed by atoms with Gasteiger partial charge in [-0.25, -0.2) is 4.68 Å². The summed E-state index contributed by atoms with van der Waals surface area (Å²) in [5.41, 5.74) is 14.2.